The van der Waals surface area contributed by atoms with Crippen LogP contribution >= 0.6 is 0 Å². The molecule has 0 unspecified atom stereocenters. The number of fused-ring (bicyclic) bond motifs is 1. The number of likely N-dealkylation sites (tertiary alicyclic amines) is 2. The van der Waals surface area contributed by atoms with Crippen molar-refractivity contribution in [1.29, 1.82) is 0 Å². The Bertz CT molecular complexity index is 1130. The fraction of sp³-hybridized carbons (Fsp3) is 0.667. The summed E-state index contributed by atoms with van der Waals surface area (Å²) in [5.74, 6) is 9.33. The van der Waals surface area contributed by atoms with Gasteiger partial charge < -0.3 is 29.7 Å². The van der Waals surface area contributed by atoms with Crippen molar-refractivity contribution in [3.05, 3.63) is 17.7 Å². The van der Waals surface area contributed by atoms with Gasteiger partial charge >= 0.3 is 0 Å². The average molecular weight is 520 g/mol. The predicted octanol–water partition coefficient (Wildman–Crippen LogP) is 3.51. The normalized spacial score (nSPS) is 20.3. The molecule has 0 radical (unpaired) electrons. The first kappa shape index (κ1) is 27.0. The lowest BCUT2D eigenvalue weighted by Gasteiger charge is -2.32. The molecule has 2 aromatic rings. The molecule has 3 aliphatic heterocycles. The Kier molecular flexibility index (Phi) is 9.21. The van der Waals surface area contributed by atoms with Gasteiger partial charge in [-0.1, -0.05) is 18.8 Å². The van der Waals surface area contributed by atoms with Gasteiger partial charge in [-0.2, -0.15) is 4.98 Å². The molecule has 4 heterocycles. The second-order valence-corrected chi connectivity index (χ2v) is 11.0. The van der Waals surface area contributed by atoms with Crippen LogP contribution in [0, 0.1) is 11.8 Å². The van der Waals surface area contributed by atoms with Crippen LogP contribution in [0.15, 0.2) is 12.1 Å². The largest absolute Gasteiger partial charge is 0.495 e. The molecule has 0 atom stereocenters. The van der Waals surface area contributed by atoms with Gasteiger partial charge in [-0.15, -0.1) is 0 Å². The Morgan fingerprint density at radius 3 is 2.53 bits per heavy atom. The van der Waals surface area contributed by atoms with Crippen molar-refractivity contribution >= 4 is 22.7 Å². The van der Waals surface area contributed by atoms with Crippen molar-refractivity contribution in [2.24, 2.45) is 0 Å². The average Bonchev–Trinajstić information content (AvgIpc) is 3.37. The molecule has 1 aromatic carbocycles. The number of rotatable bonds is 7. The van der Waals surface area contributed by atoms with Gasteiger partial charge in [0, 0.05) is 57.1 Å². The van der Waals surface area contributed by atoms with Crippen molar-refractivity contribution in [2.45, 2.75) is 51.5 Å². The van der Waals surface area contributed by atoms with Crippen molar-refractivity contribution in [3.8, 4) is 17.6 Å². The summed E-state index contributed by atoms with van der Waals surface area (Å²) >= 11 is 0. The van der Waals surface area contributed by atoms with Gasteiger partial charge in [0.1, 0.15) is 11.6 Å². The number of likely N-dealkylation sites (N-methyl/N-ethyl adjacent to an activating group) is 1. The van der Waals surface area contributed by atoms with E-state index in [0.717, 1.165) is 112 Å². The van der Waals surface area contributed by atoms with E-state index < -0.39 is 0 Å². The fourth-order valence-electron chi connectivity index (χ4n) is 5.87. The first-order valence-electron chi connectivity index (χ1n) is 14.7. The molecule has 0 saturated carbocycles. The summed E-state index contributed by atoms with van der Waals surface area (Å²) in [6.07, 6.45) is 6.87. The minimum atomic E-state index is 0.412. The van der Waals surface area contributed by atoms with Crippen molar-refractivity contribution in [1.82, 2.24) is 24.7 Å². The zero-order valence-electron chi connectivity index (χ0n) is 23.6. The standard InChI is InChI=1S/C30H45N7O/c1-4-35-18-11-25(12-19-35)31-29-26-23-28(38-3)24(10-5-6-14-36-15-7-8-16-36)22-27(26)32-30(33-29)37-17-9-13-34(2)20-21-37/h22-23,25H,4,6-9,11-21H2,1-3H3,(H,31,32,33). The van der Waals surface area contributed by atoms with Crippen LogP contribution in [0.5, 0.6) is 5.75 Å². The molecule has 5 rings (SSSR count). The second kappa shape index (κ2) is 13.0. The molecule has 38 heavy (non-hydrogen) atoms. The number of aromatic nitrogens is 2. The first-order chi connectivity index (χ1) is 18.6. The first-order valence-corrected chi connectivity index (χ1v) is 14.7. The number of nitrogens with zero attached hydrogens (tertiary/aromatic N) is 6. The SMILES string of the molecule is CCN1CCC(Nc2nc(N3CCCN(C)CC3)nc3cc(C#CCCN4CCCC4)c(OC)cc23)CC1. The topological polar surface area (TPSA) is 60.0 Å². The lowest BCUT2D eigenvalue weighted by molar-refractivity contribution is 0.229. The van der Waals surface area contributed by atoms with E-state index in [2.05, 4.69) is 62.9 Å². The molecule has 8 nitrogen and oxygen atoms in total. The van der Waals surface area contributed by atoms with E-state index in [1.165, 1.54) is 25.9 Å². The van der Waals surface area contributed by atoms with Gasteiger partial charge in [0.05, 0.1) is 18.2 Å². The maximum absolute atomic E-state index is 5.81. The van der Waals surface area contributed by atoms with E-state index in [9.17, 15) is 0 Å². The van der Waals surface area contributed by atoms with Crippen LogP contribution in [0.25, 0.3) is 10.9 Å². The third-order valence-corrected chi connectivity index (χ3v) is 8.36. The number of piperidine rings is 1. The van der Waals surface area contributed by atoms with Crippen molar-refractivity contribution in [2.75, 3.05) is 89.8 Å². The number of methoxy groups -OCH3 is 1. The van der Waals surface area contributed by atoms with Crippen LogP contribution in [0.4, 0.5) is 11.8 Å². The molecule has 0 aliphatic carbocycles. The zero-order chi connectivity index (χ0) is 26.3. The molecule has 0 spiro atoms. The fourth-order valence-corrected chi connectivity index (χ4v) is 5.87. The maximum atomic E-state index is 5.81. The van der Waals surface area contributed by atoms with Gasteiger partial charge in [-0.05, 0) is 77.5 Å². The van der Waals surface area contributed by atoms with E-state index >= 15 is 0 Å². The lowest BCUT2D eigenvalue weighted by atomic mass is 10.0. The van der Waals surface area contributed by atoms with Crippen LogP contribution in [-0.2, 0) is 0 Å². The summed E-state index contributed by atoms with van der Waals surface area (Å²) < 4.78 is 5.81. The molecule has 3 saturated heterocycles. The molecule has 1 N–H and O–H groups in total. The van der Waals surface area contributed by atoms with Crippen LogP contribution in [-0.4, -0.2) is 110 Å². The highest BCUT2D eigenvalue weighted by molar-refractivity contribution is 5.93. The van der Waals surface area contributed by atoms with Crippen molar-refractivity contribution < 1.29 is 4.74 Å². The quantitative estimate of drug-likeness (QED) is 0.558. The number of nitrogens with one attached hydrogen (secondary N) is 1. The van der Waals surface area contributed by atoms with E-state index in [4.69, 9.17) is 14.7 Å². The smallest absolute Gasteiger partial charge is 0.227 e. The number of benzene rings is 1. The van der Waals surface area contributed by atoms with E-state index in [0.29, 0.717) is 6.04 Å². The third-order valence-electron chi connectivity index (χ3n) is 8.36. The maximum Gasteiger partial charge on any atom is 0.227 e. The number of hydrogen-bond acceptors (Lipinski definition) is 8. The minimum absolute atomic E-state index is 0.412. The molecular weight excluding hydrogens is 474 g/mol. The molecule has 3 fully saturated rings. The second-order valence-electron chi connectivity index (χ2n) is 11.0. The molecular formula is C30H45N7O. The van der Waals surface area contributed by atoms with Crippen LogP contribution in [0.3, 0.4) is 0 Å². The number of ether oxygens (including phenoxy) is 1. The molecule has 3 aliphatic rings. The van der Waals surface area contributed by atoms with Gasteiger partial charge in [0.25, 0.3) is 0 Å². The summed E-state index contributed by atoms with van der Waals surface area (Å²) in [5.41, 5.74) is 1.84. The summed E-state index contributed by atoms with van der Waals surface area (Å²) in [5, 5.41) is 4.83. The summed E-state index contributed by atoms with van der Waals surface area (Å²) in [6.45, 7) is 13.1. The molecule has 0 bridgehead atoms. The van der Waals surface area contributed by atoms with Gasteiger partial charge in [0.15, 0.2) is 0 Å². The van der Waals surface area contributed by atoms with Crippen LogP contribution in [0.1, 0.15) is 51.0 Å². The van der Waals surface area contributed by atoms with E-state index in [1.54, 1.807) is 7.11 Å². The lowest BCUT2D eigenvalue weighted by Crippen LogP contribution is -2.39. The zero-order valence-corrected chi connectivity index (χ0v) is 23.6. The molecule has 0 amide bonds. The summed E-state index contributed by atoms with van der Waals surface area (Å²) in [4.78, 5) is 20.0. The van der Waals surface area contributed by atoms with Gasteiger partial charge in [-0.3, -0.25) is 0 Å². The molecule has 1 aromatic heterocycles. The Morgan fingerprint density at radius 2 is 1.76 bits per heavy atom. The van der Waals surface area contributed by atoms with E-state index in [-0.39, 0.29) is 0 Å². The van der Waals surface area contributed by atoms with E-state index in [1.807, 2.05) is 0 Å². The minimum Gasteiger partial charge on any atom is -0.495 e. The highest BCUT2D eigenvalue weighted by atomic mass is 16.5. The third kappa shape index (κ3) is 6.69. The van der Waals surface area contributed by atoms with Crippen LogP contribution in [0.2, 0.25) is 0 Å². The predicted molar refractivity (Wildman–Crippen MR) is 156 cm³/mol. The van der Waals surface area contributed by atoms with Crippen molar-refractivity contribution in [3.63, 3.8) is 0 Å². The highest BCUT2D eigenvalue weighted by Gasteiger charge is 2.22. The Hall–Kier alpha value is -2.60. The van der Waals surface area contributed by atoms with Gasteiger partial charge in [-0.25, -0.2) is 4.98 Å². The molecule has 206 valence electrons. The van der Waals surface area contributed by atoms with Gasteiger partial charge in [0.2, 0.25) is 5.95 Å². The highest BCUT2D eigenvalue weighted by Crippen LogP contribution is 2.32. The Labute approximate surface area is 228 Å². The summed E-state index contributed by atoms with van der Waals surface area (Å²) in [6, 6.07) is 4.61. The monoisotopic (exact) mass is 519 g/mol. The Balaban J connectivity index is 1.45. The number of hydrogen-bond donors (Lipinski definition) is 1. The summed E-state index contributed by atoms with van der Waals surface area (Å²) in [7, 11) is 3.93. The number of anilines is 2. The molecule has 8 heteroatoms. The van der Waals surface area contributed by atoms with Crippen LogP contribution < -0.4 is 15.0 Å². The Morgan fingerprint density at radius 1 is 0.947 bits per heavy atom.